The van der Waals surface area contributed by atoms with Crippen LogP contribution < -0.4 is 15.4 Å². The Morgan fingerprint density at radius 1 is 0.925 bits per heavy atom. The van der Waals surface area contributed by atoms with Crippen LogP contribution in [0, 0.1) is 5.82 Å². The molecule has 4 heterocycles. The number of hydrogen-bond acceptors (Lipinski definition) is 11. The average Bonchev–Trinajstić information content (AvgIpc) is 3.67. The highest BCUT2D eigenvalue weighted by Crippen LogP contribution is 2.32. The van der Waals surface area contributed by atoms with Crippen molar-refractivity contribution < 1.29 is 28.6 Å². The number of halogens is 1. The predicted octanol–water partition coefficient (Wildman–Crippen LogP) is 5.48. The molecule has 2 aromatic heterocycles. The number of aliphatic hydroxyl groups is 1. The largest absolute Gasteiger partial charge is 0.438 e. The summed E-state index contributed by atoms with van der Waals surface area (Å²) in [5, 5.41) is 17.4. The number of aromatic nitrogens is 2. The Labute approximate surface area is 317 Å². The zero-order valence-electron chi connectivity index (χ0n) is 29.6. The van der Waals surface area contributed by atoms with Gasteiger partial charge < -0.3 is 25.2 Å². The molecule has 4 aromatic rings. The van der Waals surface area contributed by atoms with Gasteiger partial charge in [0.05, 0.1) is 26.0 Å². The van der Waals surface area contributed by atoms with Crippen LogP contribution in [0.2, 0.25) is 0 Å². The zero-order chi connectivity index (χ0) is 36.6. The number of carbonyl (C=O) groups excluding carboxylic acids is 2. The van der Waals surface area contributed by atoms with Crippen molar-refractivity contribution in [2.24, 2.45) is 0 Å². The smallest absolute Gasteiger partial charge is 0.270 e. The first kappa shape index (κ1) is 37.4. The maximum absolute atomic E-state index is 14.5. The second-order valence-electron chi connectivity index (χ2n) is 13.7. The summed E-state index contributed by atoms with van der Waals surface area (Å²) >= 11 is 3.25. The average molecular weight is 761 g/mol. The second kappa shape index (κ2) is 17.9. The van der Waals surface area contributed by atoms with Crippen LogP contribution in [-0.4, -0.2) is 99.7 Å². The molecule has 7 rings (SSSR count). The van der Waals surface area contributed by atoms with Gasteiger partial charge in [-0.15, -0.1) is 11.3 Å². The number of amides is 2. The van der Waals surface area contributed by atoms with E-state index in [0.29, 0.717) is 42.1 Å². The molecule has 2 aromatic carbocycles. The molecule has 3 N–H and O–H groups in total. The van der Waals surface area contributed by atoms with Crippen LogP contribution in [0.25, 0.3) is 11.1 Å². The van der Waals surface area contributed by atoms with Crippen LogP contribution in [-0.2, 0) is 24.4 Å². The first-order valence-corrected chi connectivity index (χ1v) is 20.3. The number of nitrogens with one attached hydrogen (secondary N) is 2. The monoisotopic (exact) mass is 760 g/mol. The minimum absolute atomic E-state index is 0.0162. The summed E-state index contributed by atoms with van der Waals surface area (Å²) in [6, 6.07) is 15.4. The van der Waals surface area contributed by atoms with Crippen molar-refractivity contribution in [2.45, 2.75) is 57.5 Å². The van der Waals surface area contributed by atoms with Crippen LogP contribution >= 0.6 is 23.1 Å². The van der Waals surface area contributed by atoms with Gasteiger partial charge in [-0.3, -0.25) is 19.4 Å². The third-order valence-corrected chi connectivity index (χ3v) is 11.7. The standard InChI is InChI=1S/C39H45FN6O5S2/c40-29-20-34(37(48)42-30-5-7-31(8-6-30)43-38(49)35-25-53-36(24-47)44-35)39(41-21-29)51-32-3-1-2-27(19-32)33-9-4-26(22-46-12-16-52-17-13-46)18-28(33)23-45-10-14-50-15-11-45/h1-4,9,18-21,25,30-31,47H,5-8,10-17,22-24H2,(H,42,48)(H,43,49)/t30-,31-. The van der Waals surface area contributed by atoms with E-state index in [9.17, 15) is 19.1 Å². The third-order valence-electron chi connectivity index (χ3n) is 9.92. The molecule has 280 valence electrons. The van der Waals surface area contributed by atoms with Gasteiger partial charge in [0, 0.05) is 68.2 Å². The SMILES string of the molecule is O=C(N[C@H]1CC[C@H](NC(=O)c2cc(F)cnc2Oc2cccc(-c3ccc(CN4CCSCC4)cc3CN3CCOCC3)c2)CC1)c1csc(CO)n1. The molecule has 0 radical (unpaired) electrons. The minimum Gasteiger partial charge on any atom is -0.438 e. The van der Waals surface area contributed by atoms with Gasteiger partial charge in [-0.05, 0) is 66.1 Å². The van der Waals surface area contributed by atoms with E-state index in [2.05, 4.69) is 54.7 Å². The molecular formula is C39H45FN6O5S2. The zero-order valence-corrected chi connectivity index (χ0v) is 31.2. The van der Waals surface area contributed by atoms with Crippen LogP contribution in [0.4, 0.5) is 4.39 Å². The van der Waals surface area contributed by atoms with E-state index in [1.165, 1.54) is 34.0 Å². The van der Waals surface area contributed by atoms with Crippen LogP contribution in [0.3, 0.4) is 0 Å². The quantitative estimate of drug-likeness (QED) is 0.171. The molecule has 2 amide bonds. The minimum atomic E-state index is -0.634. The van der Waals surface area contributed by atoms with Gasteiger partial charge in [0.2, 0.25) is 5.88 Å². The fourth-order valence-corrected chi connectivity index (χ4v) is 8.69. The summed E-state index contributed by atoms with van der Waals surface area (Å²) in [6.07, 6.45) is 3.66. The van der Waals surface area contributed by atoms with Gasteiger partial charge in [0.15, 0.2) is 0 Å². The summed E-state index contributed by atoms with van der Waals surface area (Å²) in [6.45, 7) is 6.96. The molecule has 0 unspecified atom stereocenters. The van der Waals surface area contributed by atoms with Crippen LogP contribution in [0.15, 0.2) is 60.1 Å². The number of carbonyl (C=O) groups is 2. The molecule has 0 bridgehead atoms. The van der Waals surface area contributed by atoms with Gasteiger partial charge in [0.25, 0.3) is 11.8 Å². The maximum Gasteiger partial charge on any atom is 0.270 e. The molecule has 2 saturated heterocycles. The Kier molecular flexibility index (Phi) is 12.7. The number of ether oxygens (including phenoxy) is 2. The Hall–Kier alpha value is -3.92. The molecule has 11 nitrogen and oxygen atoms in total. The van der Waals surface area contributed by atoms with Crippen molar-refractivity contribution in [3.8, 4) is 22.8 Å². The van der Waals surface area contributed by atoms with Crippen LogP contribution in [0.1, 0.15) is 62.7 Å². The highest BCUT2D eigenvalue weighted by atomic mass is 32.2. The molecule has 1 aliphatic carbocycles. The molecular weight excluding hydrogens is 716 g/mol. The van der Waals surface area contributed by atoms with Gasteiger partial charge in [0.1, 0.15) is 27.8 Å². The molecule has 14 heteroatoms. The lowest BCUT2D eigenvalue weighted by atomic mass is 9.91. The van der Waals surface area contributed by atoms with E-state index >= 15 is 0 Å². The van der Waals surface area contributed by atoms with Crippen molar-refractivity contribution in [1.29, 1.82) is 0 Å². The van der Waals surface area contributed by atoms with E-state index in [1.807, 2.05) is 30.0 Å². The fourth-order valence-electron chi connectivity index (χ4n) is 7.08. The number of nitrogens with zero attached hydrogens (tertiary/aromatic N) is 4. The summed E-state index contributed by atoms with van der Waals surface area (Å²) in [5.41, 5.74) is 4.93. The number of hydrogen-bond donors (Lipinski definition) is 3. The molecule has 3 aliphatic rings. The van der Waals surface area contributed by atoms with E-state index < -0.39 is 11.7 Å². The lowest BCUT2D eigenvalue weighted by Gasteiger charge is -2.29. The Bertz CT molecular complexity index is 1870. The molecule has 0 atom stereocenters. The highest BCUT2D eigenvalue weighted by Gasteiger charge is 2.27. The van der Waals surface area contributed by atoms with Crippen molar-refractivity contribution >= 4 is 34.9 Å². The third kappa shape index (κ3) is 9.99. The van der Waals surface area contributed by atoms with Gasteiger partial charge in [-0.2, -0.15) is 11.8 Å². The highest BCUT2D eigenvalue weighted by molar-refractivity contribution is 7.99. The topological polar surface area (TPSA) is 129 Å². The lowest BCUT2D eigenvalue weighted by molar-refractivity contribution is 0.0342. The van der Waals surface area contributed by atoms with E-state index in [4.69, 9.17) is 9.47 Å². The molecule has 53 heavy (non-hydrogen) atoms. The Morgan fingerprint density at radius 3 is 2.40 bits per heavy atom. The van der Waals surface area contributed by atoms with Gasteiger partial charge >= 0.3 is 0 Å². The van der Waals surface area contributed by atoms with Crippen molar-refractivity contribution in [3.05, 3.63) is 93.3 Å². The number of pyridine rings is 1. The number of rotatable bonds is 12. The summed E-state index contributed by atoms with van der Waals surface area (Å²) in [7, 11) is 0. The number of benzene rings is 2. The fraction of sp³-hybridized carbons (Fsp3) is 0.436. The van der Waals surface area contributed by atoms with Crippen molar-refractivity contribution in [3.63, 3.8) is 0 Å². The lowest BCUT2D eigenvalue weighted by Crippen LogP contribution is -2.44. The van der Waals surface area contributed by atoms with E-state index in [-0.39, 0.29) is 36.0 Å². The molecule has 0 spiro atoms. The maximum atomic E-state index is 14.5. The number of thioether (sulfide) groups is 1. The second-order valence-corrected chi connectivity index (χ2v) is 15.9. The van der Waals surface area contributed by atoms with Crippen molar-refractivity contribution in [1.82, 2.24) is 30.4 Å². The van der Waals surface area contributed by atoms with E-state index in [1.54, 1.807) is 5.38 Å². The Balaban J connectivity index is 1.02. The Morgan fingerprint density at radius 2 is 1.66 bits per heavy atom. The molecule has 3 fully saturated rings. The number of aliphatic hydroxyl groups excluding tert-OH is 1. The van der Waals surface area contributed by atoms with Gasteiger partial charge in [-0.1, -0.05) is 30.3 Å². The first-order valence-electron chi connectivity index (χ1n) is 18.2. The van der Waals surface area contributed by atoms with Crippen molar-refractivity contribution in [2.75, 3.05) is 50.9 Å². The van der Waals surface area contributed by atoms with Crippen LogP contribution in [0.5, 0.6) is 11.6 Å². The molecule has 1 saturated carbocycles. The summed E-state index contributed by atoms with van der Waals surface area (Å²) in [4.78, 5) is 39.4. The predicted molar refractivity (Wildman–Crippen MR) is 204 cm³/mol. The summed E-state index contributed by atoms with van der Waals surface area (Å²) < 4.78 is 26.3. The van der Waals surface area contributed by atoms with Gasteiger partial charge in [-0.25, -0.2) is 14.4 Å². The normalized spacial score (nSPS) is 19.8. The van der Waals surface area contributed by atoms with E-state index in [0.717, 1.165) is 75.9 Å². The number of thiazole rings is 1. The summed E-state index contributed by atoms with van der Waals surface area (Å²) in [5.74, 6) is 1.48. The number of morpholine rings is 1. The molecule has 2 aliphatic heterocycles. The first-order chi connectivity index (χ1) is 25.9.